The Kier molecular flexibility index (Phi) is 7.35. The number of carboxylic acids is 1. The summed E-state index contributed by atoms with van der Waals surface area (Å²) >= 11 is 5.86. The predicted molar refractivity (Wildman–Crippen MR) is 130 cm³/mol. The van der Waals surface area contributed by atoms with Crippen molar-refractivity contribution in [2.45, 2.75) is 25.1 Å². The van der Waals surface area contributed by atoms with Gasteiger partial charge in [-0.25, -0.2) is 9.59 Å². The molecule has 0 aliphatic carbocycles. The van der Waals surface area contributed by atoms with Crippen LogP contribution in [0.4, 0.5) is 29.3 Å². The summed E-state index contributed by atoms with van der Waals surface area (Å²) in [7, 11) is 0. The maximum atomic E-state index is 12.8. The molecule has 1 atom stereocenters. The lowest BCUT2D eigenvalue weighted by Gasteiger charge is -2.20. The van der Waals surface area contributed by atoms with Crippen molar-refractivity contribution in [1.82, 2.24) is 9.88 Å². The van der Waals surface area contributed by atoms with E-state index in [1.807, 2.05) is 0 Å². The number of alkyl halides is 3. The summed E-state index contributed by atoms with van der Waals surface area (Å²) in [6.07, 6.45) is -2.01. The van der Waals surface area contributed by atoms with Gasteiger partial charge in [-0.3, -0.25) is 9.78 Å². The first-order valence-electron chi connectivity index (χ1n) is 11.1. The largest absolute Gasteiger partial charge is 0.480 e. The minimum Gasteiger partial charge on any atom is -0.480 e. The Morgan fingerprint density at radius 2 is 1.70 bits per heavy atom. The van der Waals surface area contributed by atoms with E-state index < -0.39 is 35.7 Å². The molecule has 3 amide bonds. The summed E-state index contributed by atoms with van der Waals surface area (Å²) < 4.78 is 38.3. The number of urea groups is 1. The van der Waals surface area contributed by atoms with Crippen molar-refractivity contribution in [1.29, 1.82) is 0 Å². The van der Waals surface area contributed by atoms with Crippen LogP contribution in [0.15, 0.2) is 60.8 Å². The number of rotatable bonds is 5. The monoisotopic (exact) mass is 532 g/mol. The first kappa shape index (κ1) is 26.0. The van der Waals surface area contributed by atoms with Crippen LogP contribution in [0.5, 0.6) is 0 Å². The molecular weight excluding hydrogens is 513 g/mol. The second kappa shape index (κ2) is 10.5. The van der Waals surface area contributed by atoms with Crippen LogP contribution in [0.25, 0.3) is 11.1 Å². The second-order valence-corrected chi connectivity index (χ2v) is 8.68. The minimum atomic E-state index is -4.55. The number of aromatic nitrogens is 1. The molecule has 192 valence electrons. The van der Waals surface area contributed by atoms with E-state index in [2.05, 4.69) is 15.6 Å². The normalized spacial score (nSPS) is 15.4. The SMILES string of the molecule is O=C(Nc1ccc(-c2ccc(C(=O)N3CCC[C@H]3C(=O)O)nc2)cc1)Nc1ccc(C(F)(F)F)cc1Cl. The van der Waals surface area contributed by atoms with Crippen LogP contribution in [0, 0.1) is 0 Å². The number of hydrogen-bond donors (Lipinski definition) is 3. The molecule has 1 aliphatic heterocycles. The topological polar surface area (TPSA) is 112 Å². The molecule has 0 radical (unpaired) electrons. The molecule has 12 heteroatoms. The van der Waals surface area contributed by atoms with Crippen LogP contribution in [-0.4, -0.2) is 45.5 Å². The van der Waals surface area contributed by atoms with E-state index in [0.717, 1.165) is 23.8 Å². The zero-order valence-electron chi connectivity index (χ0n) is 19.1. The molecule has 0 bridgehead atoms. The lowest BCUT2D eigenvalue weighted by molar-refractivity contribution is -0.141. The van der Waals surface area contributed by atoms with Crippen molar-refractivity contribution in [3.63, 3.8) is 0 Å². The van der Waals surface area contributed by atoms with Gasteiger partial charge in [-0.2, -0.15) is 13.2 Å². The van der Waals surface area contributed by atoms with Gasteiger partial charge in [0.25, 0.3) is 5.91 Å². The summed E-state index contributed by atoms with van der Waals surface area (Å²) in [6, 6.07) is 10.9. The number of nitrogens with one attached hydrogen (secondary N) is 2. The summed E-state index contributed by atoms with van der Waals surface area (Å²) in [5.41, 5.74) is 1.10. The fourth-order valence-electron chi connectivity index (χ4n) is 3.93. The van der Waals surface area contributed by atoms with E-state index >= 15 is 0 Å². The van der Waals surface area contributed by atoms with Gasteiger partial charge in [0.1, 0.15) is 11.7 Å². The van der Waals surface area contributed by atoms with Gasteiger partial charge in [0, 0.05) is 24.0 Å². The minimum absolute atomic E-state index is 0.0214. The highest BCUT2D eigenvalue weighted by atomic mass is 35.5. The van der Waals surface area contributed by atoms with Crippen LogP contribution >= 0.6 is 11.6 Å². The summed E-state index contributed by atoms with van der Waals surface area (Å²) in [5.74, 6) is -1.47. The highest BCUT2D eigenvalue weighted by Gasteiger charge is 2.35. The molecule has 0 saturated carbocycles. The number of carbonyl (C=O) groups is 3. The number of benzene rings is 2. The Balaban J connectivity index is 1.38. The molecule has 1 saturated heterocycles. The van der Waals surface area contributed by atoms with Gasteiger partial charge >= 0.3 is 18.2 Å². The maximum absolute atomic E-state index is 12.8. The third-order valence-corrected chi connectivity index (χ3v) is 6.11. The van der Waals surface area contributed by atoms with Gasteiger partial charge in [0.2, 0.25) is 0 Å². The average Bonchev–Trinajstić information content (AvgIpc) is 3.35. The van der Waals surface area contributed by atoms with Crippen LogP contribution in [0.3, 0.4) is 0 Å². The number of pyridine rings is 1. The first-order chi connectivity index (χ1) is 17.5. The molecular formula is C25H20ClF3N4O4. The van der Waals surface area contributed by atoms with Crippen LogP contribution in [0.1, 0.15) is 28.9 Å². The zero-order valence-corrected chi connectivity index (χ0v) is 19.8. The lowest BCUT2D eigenvalue weighted by atomic mass is 10.1. The molecule has 1 fully saturated rings. The Morgan fingerprint density at radius 3 is 2.30 bits per heavy atom. The smallest absolute Gasteiger partial charge is 0.416 e. The first-order valence-corrected chi connectivity index (χ1v) is 11.5. The predicted octanol–water partition coefficient (Wildman–Crippen LogP) is 5.75. The van der Waals surface area contributed by atoms with E-state index in [1.165, 1.54) is 17.2 Å². The van der Waals surface area contributed by atoms with E-state index in [9.17, 15) is 32.7 Å². The van der Waals surface area contributed by atoms with E-state index in [-0.39, 0.29) is 16.4 Å². The number of carboxylic acid groups (broad SMARTS) is 1. The molecule has 3 aromatic rings. The Bertz CT molecular complexity index is 1330. The number of anilines is 2. The number of nitrogens with zero attached hydrogens (tertiary/aromatic N) is 2. The van der Waals surface area contributed by atoms with Crippen molar-refractivity contribution in [3.8, 4) is 11.1 Å². The fourth-order valence-corrected chi connectivity index (χ4v) is 4.16. The number of hydrogen-bond acceptors (Lipinski definition) is 4. The van der Waals surface area contributed by atoms with E-state index in [4.69, 9.17) is 11.6 Å². The molecule has 0 spiro atoms. The number of likely N-dealkylation sites (tertiary alicyclic amines) is 1. The average molecular weight is 533 g/mol. The molecule has 2 heterocycles. The highest BCUT2D eigenvalue weighted by molar-refractivity contribution is 6.33. The number of carbonyl (C=O) groups excluding carboxylic acids is 2. The number of halogens is 4. The van der Waals surface area contributed by atoms with Crippen molar-refractivity contribution in [2.24, 2.45) is 0 Å². The fraction of sp³-hybridized carbons (Fsp3) is 0.200. The van der Waals surface area contributed by atoms with E-state index in [0.29, 0.717) is 30.6 Å². The third kappa shape index (κ3) is 6.00. The maximum Gasteiger partial charge on any atom is 0.416 e. The summed E-state index contributed by atoms with van der Waals surface area (Å²) in [6.45, 7) is 0.367. The molecule has 2 aromatic carbocycles. The molecule has 3 N–H and O–H groups in total. The summed E-state index contributed by atoms with van der Waals surface area (Å²) in [5, 5.41) is 14.0. The number of aliphatic carboxylic acids is 1. The van der Waals surface area contributed by atoms with Crippen LogP contribution in [0.2, 0.25) is 5.02 Å². The molecule has 1 aromatic heterocycles. The Morgan fingerprint density at radius 1 is 1.00 bits per heavy atom. The zero-order chi connectivity index (χ0) is 26.7. The van der Waals surface area contributed by atoms with Crippen molar-refractivity contribution in [3.05, 3.63) is 77.1 Å². The number of amides is 3. The molecule has 8 nitrogen and oxygen atoms in total. The highest BCUT2D eigenvalue weighted by Crippen LogP contribution is 2.34. The van der Waals surface area contributed by atoms with Crippen LogP contribution in [-0.2, 0) is 11.0 Å². The summed E-state index contributed by atoms with van der Waals surface area (Å²) in [4.78, 5) is 41.8. The van der Waals surface area contributed by atoms with Crippen molar-refractivity contribution < 1.29 is 32.7 Å². The molecule has 4 rings (SSSR count). The Hall–Kier alpha value is -4.12. The van der Waals surface area contributed by atoms with Gasteiger partial charge < -0.3 is 20.6 Å². The van der Waals surface area contributed by atoms with Crippen molar-refractivity contribution >= 4 is 40.9 Å². The second-order valence-electron chi connectivity index (χ2n) is 8.28. The standard InChI is InChI=1S/C25H20ClF3N4O4/c26-18-12-16(25(27,28)29)6-10-19(18)32-24(37)31-17-7-3-14(4-8-17)15-5-9-20(30-13-15)22(34)33-11-1-2-21(33)23(35)36/h3-10,12-13,21H,1-2,11H2,(H,35,36)(H2,31,32,37)/t21-/m0/s1. The quantitative estimate of drug-likeness (QED) is 0.387. The third-order valence-electron chi connectivity index (χ3n) is 5.80. The van der Waals surface area contributed by atoms with Gasteiger partial charge in [-0.15, -0.1) is 0 Å². The van der Waals surface area contributed by atoms with Gasteiger partial charge in [0.05, 0.1) is 16.3 Å². The molecule has 37 heavy (non-hydrogen) atoms. The lowest BCUT2D eigenvalue weighted by Crippen LogP contribution is -2.40. The van der Waals surface area contributed by atoms with Crippen molar-refractivity contribution in [2.75, 3.05) is 17.2 Å². The van der Waals surface area contributed by atoms with Gasteiger partial charge in [-0.1, -0.05) is 29.8 Å². The Labute approximate surface area is 214 Å². The van der Waals surface area contributed by atoms with Crippen LogP contribution < -0.4 is 10.6 Å². The van der Waals surface area contributed by atoms with E-state index in [1.54, 1.807) is 30.3 Å². The molecule has 1 aliphatic rings. The van der Waals surface area contributed by atoms with Gasteiger partial charge in [-0.05, 0) is 54.8 Å². The molecule has 0 unspecified atom stereocenters. The van der Waals surface area contributed by atoms with Gasteiger partial charge in [0.15, 0.2) is 0 Å².